The summed E-state index contributed by atoms with van der Waals surface area (Å²) >= 11 is 1.48. The maximum atomic E-state index is 12.1. The number of carbonyl (C=O) groups is 1. The molecule has 3 heterocycles. The Morgan fingerprint density at radius 2 is 2.33 bits per heavy atom. The fourth-order valence-electron chi connectivity index (χ4n) is 2.67. The highest BCUT2D eigenvalue weighted by atomic mass is 32.2. The molecule has 1 aliphatic rings. The topological polar surface area (TPSA) is 66.2 Å². The Kier molecular flexibility index (Phi) is 3.86. The van der Waals surface area contributed by atoms with Gasteiger partial charge in [0.15, 0.2) is 5.16 Å². The third-order valence-electron chi connectivity index (χ3n) is 3.79. The third-order valence-corrected chi connectivity index (χ3v) is 4.35. The van der Waals surface area contributed by atoms with Crippen LogP contribution in [0.1, 0.15) is 23.5 Å². The molecule has 2 aromatic rings. The molecule has 0 spiro atoms. The molecule has 6 nitrogen and oxygen atoms in total. The van der Waals surface area contributed by atoms with Crippen molar-refractivity contribution in [2.75, 3.05) is 26.6 Å². The minimum absolute atomic E-state index is 0.0845. The smallest absolute Gasteiger partial charge is 0.354 e. The standard InChI is InChI=1S/C14H17N3O3S/c1-8-6-20-7-11(8)17-10(13(18)19-2)4-9-5-15-14(21-3)16-12(9)17/h4-5,8,11H,6-7H2,1-3H3/t8-,11+/m1/s1. The second-order valence-corrected chi connectivity index (χ2v) is 5.88. The Bertz CT molecular complexity index is 685. The van der Waals surface area contributed by atoms with Crippen molar-refractivity contribution in [1.29, 1.82) is 0 Å². The second kappa shape index (κ2) is 5.65. The molecule has 0 saturated carbocycles. The molecule has 112 valence electrons. The summed E-state index contributed by atoms with van der Waals surface area (Å²) in [6.07, 6.45) is 3.68. The zero-order valence-electron chi connectivity index (χ0n) is 12.2. The number of esters is 1. The van der Waals surface area contributed by atoms with Crippen molar-refractivity contribution in [2.45, 2.75) is 18.1 Å². The quantitative estimate of drug-likeness (QED) is 0.492. The van der Waals surface area contributed by atoms with Gasteiger partial charge in [0.1, 0.15) is 11.3 Å². The van der Waals surface area contributed by atoms with Gasteiger partial charge in [-0.3, -0.25) is 0 Å². The van der Waals surface area contributed by atoms with E-state index in [0.29, 0.717) is 30.0 Å². The minimum atomic E-state index is -0.363. The SMILES string of the molecule is COC(=O)c1cc2cnc(SC)nc2n1[C@H]1COC[C@H]1C. The predicted octanol–water partition coefficient (Wildman–Crippen LogP) is 2.15. The molecule has 7 heteroatoms. The molecule has 1 fully saturated rings. The number of hydrogen-bond donors (Lipinski definition) is 0. The molecule has 1 aliphatic heterocycles. The second-order valence-electron chi connectivity index (χ2n) is 5.11. The van der Waals surface area contributed by atoms with Gasteiger partial charge in [0.25, 0.3) is 0 Å². The van der Waals surface area contributed by atoms with Crippen LogP contribution in [0.4, 0.5) is 0 Å². The predicted molar refractivity (Wildman–Crippen MR) is 79.7 cm³/mol. The first-order valence-corrected chi connectivity index (χ1v) is 7.96. The molecule has 0 amide bonds. The van der Waals surface area contributed by atoms with Gasteiger partial charge in [-0.2, -0.15) is 0 Å². The lowest BCUT2D eigenvalue weighted by Crippen LogP contribution is -2.21. The minimum Gasteiger partial charge on any atom is -0.464 e. The average Bonchev–Trinajstić information content (AvgIpc) is 3.08. The van der Waals surface area contributed by atoms with Crippen LogP contribution >= 0.6 is 11.8 Å². The lowest BCUT2D eigenvalue weighted by Gasteiger charge is -2.19. The number of aromatic nitrogens is 3. The number of fused-ring (bicyclic) bond motifs is 1. The molecule has 0 unspecified atom stereocenters. The number of carbonyl (C=O) groups excluding carboxylic acids is 1. The monoisotopic (exact) mass is 307 g/mol. The maximum absolute atomic E-state index is 12.1. The van der Waals surface area contributed by atoms with Crippen LogP contribution in [0.5, 0.6) is 0 Å². The van der Waals surface area contributed by atoms with Crippen molar-refractivity contribution in [3.8, 4) is 0 Å². The molecule has 0 bridgehead atoms. The number of nitrogens with zero attached hydrogens (tertiary/aromatic N) is 3. The normalized spacial score (nSPS) is 21.9. The molecular weight excluding hydrogens is 290 g/mol. The van der Waals surface area contributed by atoms with E-state index < -0.39 is 0 Å². The van der Waals surface area contributed by atoms with Gasteiger partial charge in [-0.25, -0.2) is 14.8 Å². The van der Waals surface area contributed by atoms with Crippen molar-refractivity contribution in [3.63, 3.8) is 0 Å². The van der Waals surface area contributed by atoms with Crippen LogP contribution in [0.3, 0.4) is 0 Å². The van der Waals surface area contributed by atoms with Gasteiger partial charge >= 0.3 is 5.97 Å². The molecule has 0 aromatic carbocycles. The van der Waals surface area contributed by atoms with Crippen molar-refractivity contribution >= 4 is 28.8 Å². The van der Waals surface area contributed by atoms with Gasteiger partial charge in [-0.05, 0) is 12.3 Å². The molecular formula is C14H17N3O3S. The van der Waals surface area contributed by atoms with E-state index in [-0.39, 0.29) is 12.0 Å². The summed E-state index contributed by atoms with van der Waals surface area (Å²) in [4.78, 5) is 20.9. The summed E-state index contributed by atoms with van der Waals surface area (Å²) < 4.78 is 12.4. The zero-order chi connectivity index (χ0) is 15.0. The number of rotatable bonds is 3. The van der Waals surface area contributed by atoms with Crippen LogP contribution in [0.15, 0.2) is 17.4 Å². The number of hydrogen-bond acceptors (Lipinski definition) is 6. The first-order chi connectivity index (χ1) is 10.2. The summed E-state index contributed by atoms with van der Waals surface area (Å²) in [5, 5.41) is 1.53. The Labute approximate surface area is 126 Å². The molecule has 2 aromatic heterocycles. The number of thioether (sulfide) groups is 1. The Hall–Kier alpha value is -1.60. The maximum Gasteiger partial charge on any atom is 0.354 e. The highest BCUT2D eigenvalue weighted by Crippen LogP contribution is 2.32. The Morgan fingerprint density at radius 3 is 2.95 bits per heavy atom. The van der Waals surface area contributed by atoms with Crippen molar-refractivity contribution < 1.29 is 14.3 Å². The molecule has 3 rings (SSSR count). The van der Waals surface area contributed by atoms with Gasteiger partial charge < -0.3 is 14.0 Å². The fraction of sp³-hybridized carbons (Fsp3) is 0.500. The van der Waals surface area contributed by atoms with Crippen LogP contribution in [0, 0.1) is 5.92 Å². The van der Waals surface area contributed by atoms with E-state index in [1.54, 1.807) is 12.3 Å². The highest BCUT2D eigenvalue weighted by Gasteiger charge is 2.31. The Morgan fingerprint density at radius 1 is 1.52 bits per heavy atom. The summed E-state index contributed by atoms with van der Waals surface area (Å²) in [5.41, 5.74) is 1.26. The third kappa shape index (κ3) is 2.40. The van der Waals surface area contributed by atoms with Gasteiger partial charge in [0.05, 0.1) is 26.4 Å². The van der Waals surface area contributed by atoms with Crippen LogP contribution in [0.2, 0.25) is 0 Å². The molecule has 0 N–H and O–H groups in total. The largest absolute Gasteiger partial charge is 0.464 e. The molecule has 0 radical (unpaired) electrons. The van der Waals surface area contributed by atoms with Crippen LogP contribution < -0.4 is 0 Å². The molecule has 1 saturated heterocycles. The first-order valence-electron chi connectivity index (χ1n) is 6.73. The first kappa shape index (κ1) is 14.3. The van der Waals surface area contributed by atoms with E-state index in [1.807, 2.05) is 10.8 Å². The van der Waals surface area contributed by atoms with E-state index in [0.717, 1.165) is 11.0 Å². The van der Waals surface area contributed by atoms with E-state index >= 15 is 0 Å². The number of methoxy groups -OCH3 is 1. The van der Waals surface area contributed by atoms with Gasteiger partial charge in [0.2, 0.25) is 0 Å². The average molecular weight is 307 g/mol. The molecule has 0 aliphatic carbocycles. The zero-order valence-corrected chi connectivity index (χ0v) is 13.0. The summed E-state index contributed by atoms with van der Waals surface area (Å²) in [6, 6.07) is 1.87. The van der Waals surface area contributed by atoms with E-state index in [9.17, 15) is 4.79 Å². The number of ether oxygens (including phenoxy) is 2. The van der Waals surface area contributed by atoms with Crippen molar-refractivity contribution in [2.24, 2.45) is 5.92 Å². The van der Waals surface area contributed by atoms with Crippen molar-refractivity contribution in [3.05, 3.63) is 18.0 Å². The van der Waals surface area contributed by atoms with Gasteiger partial charge in [-0.1, -0.05) is 18.7 Å². The van der Waals surface area contributed by atoms with Crippen molar-refractivity contribution in [1.82, 2.24) is 14.5 Å². The fourth-order valence-corrected chi connectivity index (χ4v) is 3.00. The van der Waals surface area contributed by atoms with Crippen LogP contribution in [-0.2, 0) is 9.47 Å². The molecule has 2 atom stereocenters. The molecule has 21 heavy (non-hydrogen) atoms. The van der Waals surface area contributed by atoms with Gasteiger partial charge in [-0.15, -0.1) is 0 Å². The van der Waals surface area contributed by atoms with E-state index in [2.05, 4.69) is 16.9 Å². The van der Waals surface area contributed by atoms with E-state index in [4.69, 9.17) is 9.47 Å². The van der Waals surface area contributed by atoms with Gasteiger partial charge in [0, 0.05) is 17.5 Å². The van der Waals surface area contributed by atoms with E-state index in [1.165, 1.54) is 18.9 Å². The summed E-state index contributed by atoms with van der Waals surface area (Å²) in [6.45, 7) is 3.38. The summed E-state index contributed by atoms with van der Waals surface area (Å²) in [5.74, 6) is -0.0468. The Balaban J connectivity index is 2.22. The lowest BCUT2D eigenvalue weighted by molar-refractivity contribution is 0.0585. The van der Waals surface area contributed by atoms with Crippen LogP contribution in [0.25, 0.3) is 11.0 Å². The lowest BCUT2D eigenvalue weighted by atomic mass is 10.1. The van der Waals surface area contributed by atoms with Crippen LogP contribution in [-0.4, -0.2) is 47.1 Å². The highest BCUT2D eigenvalue weighted by molar-refractivity contribution is 7.98. The summed E-state index contributed by atoms with van der Waals surface area (Å²) in [7, 11) is 1.39.